The van der Waals surface area contributed by atoms with Gasteiger partial charge in [0.25, 0.3) is 0 Å². The molecule has 1 aliphatic rings. The van der Waals surface area contributed by atoms with Gasteiger partial charge in [-0.15, -0.1) is 0 Å². The number of carbonyl (C=O) groups is 1. The van der Waals surface area contributed by atoms with E-state index in [9.17, 15) is 13.2 Å². The molecule has 0 unspecified atom stereocenters. The highest BCUT2D eigenvalue weighted by Crippen LogP contribution is 2.25. The zero-order chi connectivity index (χ0) is 22.1. The molecule has 166 valence electrons. The SMILES string of the molecule is Cc1nn(CCCNC(=O)[C@@H]2CCCN(S(=O)(=O)c3cnn(C)c3C)C2)c(C)c1Cl. The van der Waals surface area contributed by atoms with Crippen molar-refractivity contribution in [1.29, 1.82) is 0 Å². The molecule has 0 spiro atoms. The summed E-state index contributed by atoms with van der Waals surface area (Å²) in [6, 6.07) is 0. The topological polar surface area (TPSA) is 102 Å². The molecule has 1 atom stereocenters. The summed E-state index contributed by atoms with van der Waals surface area (Å²) in [6.45, 7) is 7.27. The van der Waals surface area contributed by atoms with E-state index in [4.69, 9.17) is 11.6 Å². The van der Waals surface area contributed by atoms with Crippen molar-refractivity contribution in [2.45, 2.75) is 51.5 Å². The second kappa shape index (κ2) is 9.07. The standard InChI is InChI=1S/C19H29ClN6O3S/c1-13-18(20)15(3)26(23-13)10-6-8-21-19(27)16-7-5-9-25(12-16)30(28,29)17-11-22-24(4)14(17)2/h11,16H,5-10,12H2,1-4H3,(H,21,27)/t16-/m1/s1. The Morgan fingerprint density at radius 1 is 1.30 bits per heavy atom. The Labute approximate surface area is 182 Å². The minimum Gasteiger partial charge on any atom is -0.356 e. The molecule has 1 aliphatic heterocycles. The van der Waals surface area contributed by atoms with Crippen molar-refractivity contribution in [3.05, 3.63) is 28.3 Å². The number of carbonyl (C=O) groups excluding carboxylic acids is 1. The summed E-state index contributed by atoms with van der Waals surface area (Å²) in [6.07, 6.45) is 3.42. The third kappa shape index (κ3) is 4.55. The molecule has 2 aromatic heterocycles. The predicted molar refractivity (Wildman–Crippen MR) is 114 cm³/mol. The second-order valence-electron chi connectivity index (χ2n) is 7.77. The van der Waals surface area contributed by atoms with Gasteiger partial charge in [-0.3, -0.25) is 14.2 Å². The zero-order valence-corrected chi connectivity index (χ0v) is 19.4. The second-order valence-corrected chi connectivity index (χ2v) is 10.1. The van der Waals surface area contributed by atoms with E-state index >= 15 is 0 Å². The van der Waals surface area contributed by atoms with Crippen LogP contribution in [0.1, 0.15) is 36.3 Å². The number of nitrogens with zero attached hydrogens (tertiary/aromatic N) is 5. The largest absolute Gasteiger partial charge is 0.356 e. The number of halogens is 1. The molecule has 1 fully saturated rings. The van der Waals surface area contributed by atoms with Crippen molar-refractivity contribution in [2.75, 3.05) is 19.6 Å². The molecule has 11 heteroatoms. The van der Waals surface area contributed by atoms with E-state index in [1.165, 1.54) is 15.2 Å². The van der Waals surface area contributed by atoms with Gasteiger partial charge in [0.1, 0.15) is 4.90 Å². The van der Waals surface area contributed by atoms with Gasteiger partial charge in [-0.1, -0.05) is 11.6 Å². The van der Waals surface area contributed by atoms with Gasteiger partial charge in [-0.2, -0.15) is 14.5 Å². The van der Waals surface area contributed by atoms with E-state index in [0.717, 1.165) is 11.4 Å². The van der Waals surface area contributed by atoms with Crippen molar-refractivity contribution in [3.8, 4) is 0 Å². The zero-order valence-electron chi connectivity index (χ0n) is 17.9. The summed E-state index contributed by atoms with van der Waals surface area (Å²) in [4.78, 5) is 12.8. The van der Waals surface area contributed by atoms with Crippen LogP contribution in [-0.4, -0.2) is 57.8 Å². The summed E-state index contributed by atoms with van der Waals surface area (Å²) in [7, 11) is -1.95. The first-order valence-corrected chi connectivity index (χ1v) is 11.9. The van der Waals surface area contributed by atoms with Crippen LogP contribution in [0.5, 0.6) is 0 Å². The van der Waals surface area contributed by atoms with Gasteiger partial charge >= 0.3 is 0 Å². The van der Waals surface area contributed by atoms with E-state index in [1.54, 1.807) is 14.0 Å². The monoisotopic (exact) mass is 456 g/mol. The lowest BCUT2D eigenvalue weighted by atomic mass is 9.99. The van der Waals surface area contributed by atoms with Crippen molar-refractivity contribution >= 4 is 27.5 Å². The van der Waals surface area contributed by atoms with Gasteiger partial charge in [-0.25, -0.2) is 8.42 Å². The average Bonchev–Trinajstić information content (AvgIpc) is 3.19. The number of hydrogen-bond donors (Lipinski definition) is 1. The van der Waals surface area contributed by atoms with Crippen LogP contribution in [0.3, 0.4) is 0 Å². The van der Waals surface area contributed by atoms with E-state index in [1.807, 2.05) is 18.5 Å². The van der Waals surface area contributed by atoms with Gasteiger partial charge in [0.15, 0.2) is 0 Å². The molecule has 1 amide bonds. The lowest BCUT2D eigenvalue weighted by Gasteiger charge is -2.31. The Balaban J connectivity index is 1.54. The fraction of sp³-hybridized carbons (Fsp3) is 0.632. The van der Waals surface area contributed by atoms with Gasteiger partial charge < -0.3 is 5.32 Å². The summed E-state index contributed by atoms with van der Waals surface area (Å²) in [5.41, 5.74) is 2.30. The Kier molecular flexibility index (Phi) is 6.88. The number of nitrogens with one attached hydrogen (secondary N) is 1. The molecule has 0 saturated carbocycles. The highest BCUT2D eigenvalue weighted by Gasteiger charge is 2.34. The minimum absolute atomic E-state index is 0.107. The number of sulfonamides is 1. The molecular weight excluding hydrogens is 428 g/mol. The third-order valence-electron chi connectivity index (χ3n) is 5.70. The number of rotatable bonds is 7. The number of hydrogen-bond acceptors (Lipinski definition) is 5. The summed E-state index contributed by atoms with van der Waals surface area (Å²) < 4.78 is 30.8. The first kappa shape index (κ1) is 22.8. The van der Waals surface area contributed by atoms with Gasteiger partial charge in [0.05, 0.1) is 34.2 Å². The first-order chi connectivity index (χ1) is 14.1. The summed E-state index contributed by atoms with van der Waals surface area (Å²) >= 11 is 6.16. The molecule has 0 aliphatic carbocycles. The van der Waals surface area contributed by atoms with Crippen molar-refractivity contribution in [1.82, 2.24) is 29.2 Å². The number of amides is 1. The smallest absolute Gasteiger partial charge is 0.246 e. The lowest BCUT2D eigenvalue weighted by Crippen LogP contribution is -2.45. The van der Waals surface area contributed by atoms with Crippen molar-refractivity contribution in [2.24, 2.45) is 13.0 Å². The molecule has 0 radical (unpaired) electrons. The fourth-order valence-electron chi connectivity index (χ4n) is 3.72. The molecule has 3 rings (SSSR count). The molecule has 30 heavy (non-hydrogen) atoms. The maximum atomic E-state index is 13.0. The molecule has 0 aromatic carbocycles. The molecule has 3 heterocycles. The van der Waals surface area contributed by atoms with Crippen molar-refractivity contribution in [3.63, 3.8) is 0 Å². The normalized spacial score (nSPS) is 18.0. The molecular formula is C19H29ClN6O3S. The van der Waals surface area contributed by atoms with Crippen LogP contribution in [0.2, 0.25) is 5.02 Å². The maximum Gasteiger partial charge on any atom is 0.246 e. The van der Waals surface area contributed by atoms with Crippen LogP contribution in [-0.2, 0) is 28.4 Å². The maximum absolute atomic E-state index is 13.0. The van der Waals surface area contributed by atoms with E-state index < -0.39 is 10.0 Å². The van der Waals surface area contributed by atoms with Crippen LogP contribution < -0.4 is 5.32 Å². The molecule has 0 bridgehead atoms. The number of aryl methyl sites for hydroxylation is 3. The molecule has 1 N–H and O–H groups in total. The fourth-order valence-corrected chi connectivity index (χ4v) is 5.57. The first-order valence-electron chi connectivity index (χ1n) is 10.1. The summed E-state index contributed by atoms with van der Waals surface area (Å²) in [5, 5.41) is 12.0. The number of aromatic nitrogens is 4. The highest BCUT2D eigenvalue weighted by atomic mass is 35.5. The Morgan fingerprint density at radius 3 is 2.63 bits per heavy atom. The third-order valence-corrected chi connectivity index (χ3v) is 8.22. The highest BCUT2D eigenvalue weighted by molar-refractivity contribution is 7.89. The van der Waals surface area contributed by atoms with E-state index in [2.05, 4.69) is 15.5 Å². The molecule has 2 aromatic rings. The Bertz CT molecular complexity index is 1030. The van der Waals surface area contributed by atoms with Gasteiger partial charge in [0.2, 0.25) is 15.9 Å². The van der Waals surface area contributed by atoms with E-state index in [-0.39, 0.29) is 23.3 Å². The molecule has 9 nitrogen and oxygen atoms in total. The number of piperidine rings is 1. The minimum atomic E-state index is -3.66. The van der Waals surface area contributed by atoms with Crippen molar-refractivity contribution < 1.29 is 13.2 Å². The van der Waals surface area contributed by atoms with Gasteiger partial charge in [-0.05, 0) is 40.0 Å². The Hall–Kier alpha value is -1.91. The lowest BCUT2D eigenvalue weighted by molar-refractivity contribution is -0.126. The van der Waals surface area contributed by atoms with E-state index in [0.29, 0.717) is 49.6 Å². The Morgan fingerprint density at radius 2 is 2.03 bits per heavy atom. The van der Waals surface area contributed by atoms with Gasteiger partial charge in [0, 0.05) is 33.2 Å². The quantitative estimate of drug-likeness (QED) is 0.640. The van der Waals surface area contributed by atoms with Crippen LogP contribution in [0.15, 0.2) is 11.1 Å². The average molecular weight is 457 g/mol. The predicted octanol–water partition coefficient (Wildman–Crippen LogP) is 1.80. The molecule has 1 saturated heterocycles. The van der Waals surface area contributed by atoms with Crippen LogP contribution in [0, 0.1) is 26.7 Å². The summed E-state index contributed by atoms with van der Waals surface area (Å²) in [5.74, 6) is -0.460. The van der Waals surface area contributed by atoms with Crippen LogP contribution >= 0.6 is 11.6 Å². The van der Waals surface area contributed by atoms with Crippen LogP contribution in [0.25, 0.3) is 0 Å². The van der Waals surface area contributed by atoms with Crippen LogP contribution in [0.4, 0.5) is 0 Å².